The molecule has 0 saturated heterocycles. The Morgan fingerprint density at radius 3 is 2.35 bits per heavy atom. The van der Waals surface area contributed by atoms with Crippen LogP contribution in [0, 0.1) is 13.8 Å². The third-order valence-corrected chi connectivity index (χ3v) is 4.07. The summed E-state index contributed by atoms with van der Waals surface area (Å²) in [5, 5.41) is 0.577. The summed E-state index contributed by atoms with van der Waals surface area (Å²) in [6.07, 6.45) is 0.0453. The van der Waals surface area contributed by atoms with Gasteiger partial charge in [-0.15, -0.1) is 0 Å². The molecule has 0 aliphatic rings. The van der Waals surface area contributed by atoms with E-state index >= 15 is 0 Å². The Labute approximate surface area is 156 Å². The van der Waals surface area contributed by atoms with Crippen LogP contribution in [0.3, 0.4) is 0 Å². The van der Waals surface area contributed by atoms with E-state index in [1.165, 1.54) is 0 Å². The summed E-state index contributed by atoms with van der Waals surface area (Å²) in [4.78, 5) is 39.1. The Balaban J connectivity index is 2.00. The topological polar surface area (TPSA) is 85.5 Å². The summed E-state index contributed by atoms with van der Waals surface area (Å²) in [6, 6.07) is 6.80. The van der Waals surface area contributed by atoms with E-state index in [2.05, 4.69) is 4.98 Å². The standard InChI is InChI=1S/C19H20ClNO5/c1-4-25-19(24)18-11(2)17(12(3)21-18)15(22)10-26-16(23)9-13-5-7-14(20)8-6-13/h5-8,21H,4,9-10H2,1-3H3. The van der Waals surface area contributed by atoms with E-state index in [0.717, 1.165) is 5.56 Å². The van der Waals surface area contributed by atoms with Gasteiger partial charge in [0.1, 0.15) is 5.69 Å². The highest BCUT2D eigenvalue weighted by Crippen LogP contribution is 2.19. The fraction of sp³-hybridized carbons (Fsp3) is 0.316. The van der Waals surface area contributed by atoms with E-state index in [9.17, 15) is 14.4 Å². The highest BCUT2D eigenvalue weighted by Gasteiger charge is 2.23. The van der Waals surface area contributed by atoms with Gasteiger partial charge in [-0.05, 0) is 44.0 Å². The van der Waals surface area contributed by atoms with Crippen LogP contribution in [0.2, 0.25) is 5.02 Å². The van der Waals surface area contributed by atoms with Gasteiger partial charge in [0, 0.05) is 16.3 Å². The van der Waals surface area contributed by atoms with E-state index in [1.54, 1.807) is 45.0 Å². The van der Waals surface area contributed by atoms with Crippen molar-refractivity contribution < 1.29 is 23.9 Å². The molecule has 0 aliphatic heterocycles. The van der Waals surface area contributed by atoms with Gasteiger partial charge in [-0.25, -0.2) is 4.79 Å². The molecule has 0 spiro atoms. The fourth-order valence-electron chi connectivity index (χ4n) is 2.61. The number of ether oxygens (including phenoxy) is 2. The molecule has 6 nitrogen and oxygen atoms in total. The third kappa shape index (κ3) is 4.73. The average Bonchev–Trinajstić information content (AvgIpc) is 2.90. The van der Waals surface area contributed by atoms with Crippen LogP contribution in [0.25, 0.3) is 0 Å². The van der Waals surface area contributed by atoms with Crippen molar-refractivity contribution in [2.75, 3.05) is 13.2 Å². The fourth-order valence-corrected chi connectivity index (χ4v) is 2.74. The van der Waals surface area contributed by atoms with Crippen LogP contribution in [0.5, 0.6) is 0 Å². The summed E-state index contributed by atoms with van der Waals surface area (Å²) in [5.41, 5.74) is 2.34. The van der Waals surface area contributed by atoms with Gasteiger partial charge in [0.2, 0.25) is 5.78 Å². The first-order valence-electron chi connectivity index (χ1n) is 8.13. The summed E-state index contributed by atoms with van der Waals surface area (Å²) in [6.45, 7) is 4.88. The molecule has 2 aromatic rings. The Hall–Kier alpha value is -2.60. The SMILES string of the molecule is CCOC(=O)c1[nH]c(C)c(C(=O)COC(=O)Cc2ccc(Cl)cc2)c1C. The van der Waals surface area contributed by atoms with Crippen molar-refractivity contribution >= 4 is 29.3 Å². The number of carbonyl (C=O) groups excluding carboxylic acids is 3. The molecule has 1 heterocycles. The third-order valence-electron chi connectivity index (χ3n) is 3.82. The molecule has 0 fully saturated rings. The molecule has 1 N–H and O–H groups in total. The lowest BCUT2D eigenvalue weighted by atomic mass is 10.1. The van der Waals surface area contributed by atoms with Gasteiger partial charge in [0.15, 0.2) is 6.61 Å². The summed E-state index contributed by atoms with van der Waals surface area (Å²) in [7, 11) is 0. The van der Waals surface area contributed by atoms with E-state index in [4.69, 9.17) is 21.1 Å². The maximum atomic E-state index is 12.4. The van der Waals surface area contributed by atoms with Gasteiger partial charge >= 0.3 is 11.9 Å². The molecule has 0 bridgehead atoms. The zero-order chi connectivity index (χ0) is 19.3. The van der Waals surface area contributed by atoms with Gasteiger partial charge in [0.25, 0.3) is 0 Å². The van der Waals surface area contributed by atoms with E-state index in [0.29, 0.717) is 21.8 Å². The second kappa shape index (κ2) is 8.67. The highest BCUT2D eigenvalue weighted by atomic mass is 35.5. The van der Waals surface area contributed by atoms with Gasteiger partial charge in [-0.2, -0.15) is 0 Å². The van der Waals surface area contributed by atoms with E-state index < -0.39 is 18.5 Å². The molecule has 0 unspecified atom stereocenters. The second-order valence-electron chi connectivity index (χ2n) is 5.73. The lowest BCUT2D eigenvalue weighted by molar-refractivity contribution is -0.141. The number of nitrogens with one attached hydrogen (secondary N) is 1. The number of rotatable bonds is 7. The molecule has 7 heteroatoms. The molecule has 0 amide bonds. The number of halogens is 1. The highest BCUT2D eigenvalue weighted by molar-refractivity contribution is 6.30. The predicted octanol–water partition coefficient (Wildman–Crippen LogP) is 3.43. The number of aromatic nitrogens is 1. The molecule has 138 valence electrons. The number of hydrogen-bond donors (Lipinski definition) is 1. The van der Waals surface area contributed by atoms with Crippen LogP contribution >= 0.6 is 11.6 Å². The normalized spacial score (nSPS) is 10.5. The van der Waals surface area contributed by atoms with Crippen LogP contribution < -0.4 is 0 Å². The Morgan fingerprint density at radius 1 is 1.08 bits per heavy atom. The van der Waals surface area contributed by atoms with Crippen LogP contribution in [-0.4, -0.2) is 35.9 Å². The molecule has 0 saturated carbocycles. The smallest absolute Gasteiger partial charge is 0.355 e. The first kappa shape index (κ1) is 19.7. The monoisotopic (exact) mass is 377 g/mol. The van der Waals surface area contributed by atoms with Crippen molar-refractivity contribution in [2.24, 2.45) is 0 Å². The first-order chi connectivity index (χ1) is 12.3. The molecule has 2 rings (SSSR count). The molecule has 0 aliphatic carbocycles. The second-order valence-corrected chi connectivity index (χ2v) is 6.17. The van der Waals surface area contributed by atoms with E-state index in [-0.39, 0.29) is 24.5 Å². The summed E-state index contributed by atoms with van der Waals surface area (Å²) < 4.78 is 10.0. The zero-order valence-corrected chi connectivity index (χ0v) is 15.6. The minimum Gasteiger partial charge on any atom is -0.461 e. The molecular weight excluding hydrogens is 358 g/mol. The number of hydrogen-bond acceptors (Lipinski definition) is 5. The van der Waals surface area contributed by atoms with Crippen molar-refractivity contribution in [3.05, 3.63) is 57.4 Å². The summed E-state index contributed by atoms with van der Waals surface area (Å²) in [5.74, 6) is -1.42. The lowest BCUT2D eigenvalue weighted by Crippen LogP contribution is -2.17. The van der Waals surface area contributed by atoms with Crippen LogP contribution in [0.4, 0.5) is 0 Å². The first-order valence-corrected chi connectivity index (χ1v) is 8.50. The van der Waals surface area contributed by atoms with Gasteiger partial charge < -0.3 is 14.5 Å². The predicted molar refractivity (Wildman–Crippen MR) is 96.7 cm³/mol. The molecule has 26 heavy (non-hydrogen) atoms. The largest absolute Gasteiger partial charge is 0.461 e. The lowest BCUT2D eigenvalue weighted by Gasteiger charge is -2.06. The molecule has 0 radical (unpaired) electrons. The maximum Gasteiger partial charge on any atom is 0.355 e. The number of benzene rings is 1. The number of esters is 2. The number of carbonyl (C=O) groups is 3. The van der Waals surface area contributed by atoms with E-state index in [1.807, 2.05) is 0 Å². The van der Waals surface area contributed by atoms with Gasteiger partial charge in [0.05, 0.1) is 13.0 Å². The number of aromatic amines is 1. The average molecular weight is 378 g/mol. The van der Waals surface area contributed by atoms with Crippen molar-refractivity contribution in [3.63, 3.8) is 0 Å². The van der Waals surface area contributed by atoms with Gasteiger partial charge in [-0.1, -0.05) is 23.7 Å². The van der Waals surface area contributed by atoms with Crippen molar-refractivity contribution in [1.82, 2.24) is 4.98 Å². The molecule has 1 aromatic heterocycles. The Kier molecular flexibility index (Phi) is 6.58. The van der Waals surface area contributed by atoms with Crippen molar-refractivity contribution in [2.45, 2.75) is 27.2 Å². The van der Waals surface area contributed by atoms with Crippen molar-refractivity contribution in [1.29, 1.82) is 0 Å². The minimum absolute atomic E-state index is 0.0453. The molecular formula is C19H20ClNO5. The number of aryl methyl sites for hydroxylation is 1. The number of ketones is 1. The Morgan fingerprint density at radius 2 is 1.73 bits per heavy atom. The van der Waals surface area contributed by atoms with Crippen LogP contribution in [0.1, 0.15) is 44.6 Å². The van der Waals surface area contributed by atoms with Crippen LogP contribution in [-0.2, 0) is 20.7 Å². The number of Topliss-reactive ketones (excluding diaryl/α,β-unsaturated/α-hetero) is 1. The zero-order valence-electron chi connectivity index (χ0n) is 14.8. The molecule has 1 aromatic carbocycles. The number of H-pyrrole nitrogens is 1. The summed E-state index contributed by atoms with van der Waals surface area (Å²) >= 11 is 5.80. The molecule has 0 atom stereocenters. The minimum atomic E-state index is -0.521. The van der Waals surface area contributed by atoms with Crippen molar-refractivity contribution in [3.8, 4) is 0 Å². The Bertz CT molecular complexity index is 823. The van der Waals surface area contributed by atoms with Gasteiger partial charge in [-0.3, -0.25) is 9.59 Å². The maximum absolute atomic E-state index is 12.4. The van der Waals surface area contributed by atoms with Crippen LogP contribution in [0.15, 0.2) is 24.3 Å². The quantitative estimate of drug-likeness (QED) is 0.590.